The van der Waals surface area contributed by atoms with Crippen LogP contribution in [0.15, 0.2) is 18.2 Å². The van der Waals surface area contributed by atoms with Gasteiger partial charge in [0.2, 0.25) is 0 Å². The lowest BCUT2D eigenvalue weighted by Gasteiger charge is -2.32. The normalized spacial score (nSPS) is 25.0. The summed E-state index contributed by atoms with van der Waals surface area (Å²) in [6.07, 6.45) is -0.398. The molecule has 0 spiro atoms. The third-order valence-electron chi connectivity index (χ3n) is 4.91. The average molecular weight is 386 g/mol. The van der Waals surface area contributed by atoms with E-state index in [1.807, 2.05) is 0 Å². The molecule has 0 amide bonds. The van der Waals surface area contributed by atoms with Gasteiger partial charge in [0.05, 0.1) is 17.9 Å². The molecule has 6 N–H and O–H groups in total. The molecule has 0 heterocycles. The van der Waals surface area contributed by atoms with E-state index in [9.17, 15) is 33.7 Å². The lowest BCUT2D eigenvalue weighted by molar-refractivity contribution is -0.148. The van der Waals surface area contributed by atoms with Crippen molar-refractivity contribution in [1.29, 1.82) is 0 Å². The summed E-state index contributed by atoms with van der Waals surface area (Å²) in [4.78, 5) is 22.4. The molecular weight excluding hydrogens is 362 g/mol. The molecule has 0 radical (unpaired) electrons. The minimum atomic E-state index is -1.05. The molecule has 7 nitrogen and oxygen atoms in total. The number of aliphatic carboxylic acids is 2. The number of benzene rings is 1. The fourth-order valence-electron chi connectivity index (χ4n) is 3.46. The van der Waals surface area contributed by atoms with Crippen LogP contribution in [0.4, 0.5) is 8.78 Å². The van der Waals surface area contributed by atoms with Crippen LogP contribution in [0, 0.1) is 23.5 Å². The number of carbonyl (C=O) groups is 2. The maximum Gasteiger partial charge on any atom is 0.306 e. The highest BCUT2D eigenvalue weighted by atomic mass is 19.1. The highest BCUT2D eigenvalue weighted by Crippen LogP contribution is 2.30. The molecule has 1 saturated carbocycles. The van der Waals surface area contributed by atoms with Crippen LogP contribution in [0.5, 0.6) is 0 Å². The van der Waals surface area contributed by atoms with Gasteiger partial charge < -0.3 is 26.4 Å². The largest absolute Gasteiger partial charge is 0.481 e. The first-order valence-electron chi connectivity index (χ1n) is 8.73. The van der Waals surface area contributed by atoms with Gasteiger partial charge in [0.15, 0.2) is 0 Å². The van der Waals surface area contributed by atoms with Crippen LogP contribution < -0.4 is 11.1 Å². The fraction of sp³-hybridized carbons (Fsp3) is 0.556. The molecule has 1 aromatic rings. The summed E-state index contributed by atoms with van der Waals surface area (Å²) in [6, 6.07) is 1.84. The van der Waals surface area contributed by atoms with Crippen LogP contribution in [0.25, 0.3) is 0 Å². The Balaban J connectivity index is 1.89. The summed E-state index contributed by atoms with van der Waals surface area (Å²) in [7, 11) is 0. The number of rotatable bonds is 8. The zero-order chi connectivity index (χ0) is 20.1. The number of nitrogens with one attached hydrogen (secondary N) is 1. The average Bonchev–Trinajstić information content (AvgIpc) is 2.58. The second-order valence-corrected chi connectivity index (χ2v) is 7.10. The van der Waals surface area contributed by atoms with Gasteiger partial charge in [-0.2, -0.15) is 0 Å². The first-order valence-corrected chi connectivity index (χ1v) is 8.73. The third kappa shape index (κ3) is 6.23. The van der Waals surface area contributed by atoms with E-state index in [1.54, 1.807) is 0 Å². The van der Waals surface area contributed by atoms with Gasteiger partial charge in [-0.15, -0.1) is 0 Å². The zero-order valence-corrected chi connectivity index (χ0v) is 14.6. The Hall–Kier alpha value is -2.10. The number of halogens is 2. The molecule has 2 rings (SSSR count). The summed E-state index contributed by atoms with van der Waals surface area (Å²) < 4.78 is 26.4. The van der Waals surface area contributed by atoms with Gasteiger partial charge in [0, 0.05) is 24.7 Å². The molecule has 1 aromatic carbocycles. The molecule has 1 unspecified atom stereocenters. The summed E-state index contributed by atoms with van der Waals surface area (Å²) in [5.74, 6) is -5.08. The second-order valence-electron chi connectivity index (χ2n) is 7.10. The molecule has 0 bridgehead atoms. The highest BCUT2D eigenvalue weighted by molar-refractivity contribution is 5.74. The predicted molar refractivity (Wildman–Crippen MR) is 91.9 cm³/mol. The van der Waals surface area contributed by atoms with Crippen LogP contribution in [-0.4, -0.2) is 52.0 Å². The molecular formula is C18H24F2N2O5. The van der Waals surface area contributed by atoms with Crippen molar-refractivity contribution in [3.8, 4) is 0 Å². The Bertz CT molecular complexity index is 645. The van der Waals surface area contributed by atoms with E-state index in [1.165, 1.54) is 0 Å². The van der Waals surface area contributed by atoms with Crippen LogP contribution >= 0.6 is 0 Å². The van der Waals surface area contributed by atoms with Crippen molar-refractivity contribution >= 4 is 11.9 Å². The van der Waals surface area contributed by atoms with Crippen LogP contribution in [0.2, 0.25) is 0 Å². The van der Waals surface area contributed by atoms with Crippen molar-refractivity contribution in [3.63, 3.8) is 0 Å². The molecule has 1 fully saturated rings. The Morgan fingerprint density at radius 2 is 1.59 bits per heavy atom. The maximum atomic E-state index is 13.2. The van der Waals surface area contributed by atoms with E-state index in [0.29, 0.717) is 5.56 Å². The van der Waals surface area contributed by atoms with E-state index in [4.69, 9.17) is 5.73 Å². The Morgan fingerprint density at radius 1 is 1.07 bits per heavy atom. The smallest absolute Gasteiger partial charge is 0.306 e. The zero-order valence-electron chi connectivity index (χ0n) is 14.6. The van der Waals surface area contributed by atoms with Crippen molar-refractivity contribution in [2.24, 2.45) is 17.6 Å². The number of hydrogen-bond donors (Lipinski definition) is 5. The molecule has 150 valence electrons. The number of carboxylic acids is 2. The first kappa shape index (κ1) is 21.2. The molecule has 0 saturated heterocycles. The molecule has 1 aliphatic carbocycles. The maximum absolute atomic E-state index is 13.2. The van der Waals surface area contributed by atoms with E-state index in [0.717, 1.165) is 18.2 Å². The minimum absolute atomic E-state index is 0.0162. The monoisotopic (exact) mass is 386 g/mol. The van der Waals surface area contributed by atoms with Crippen molar-refractivity contribution in [1.82, 2.24) is 5.32 Å². The SMILES string of the molecule is N[C@@H](Cc1cc(F)cc(F)c1)[C@H](O)CNC1C[C@@H](C(=O)O)C[C@@H](C(=O)O)C1. The minimum Gasteiger partial charge on any atom is -0.481 e. The van der Waals surface area contributed by atoms with E-state index in [2.05, 4.69) is 5.32 Å². The quantitative estimate of drug-likeness (QED) is 0.445. The fourth-order valence-corrected chi connectivity index (χ4v) is 3.46. The Morgan fingerprint density at radius 3 is 2.07 bits per heavy atom. The number of nitrogens with two attached hydrogens (primary N) is 1. The molecule has 9 heteroatoms. The lowest BCUT2D eigenvalue weighted by Crippen LogP contribution is -2.48. The second kappa shape index (κ2) is 9.20. The Kier molecular flexibility index (Phi) is 7.23. The standard InChI is InChI=1S/C18H24F2N2O5/c19-12-1-9(2-13(20)7-12)3-15(21)16(23)8-22-14-5-10(17(24)25)4-11(6-14)18(26)27/h1-2,7,10-11,14-16,22-23H,3-6,8,21H2,(H,24,25)(H,26,27)/t10-,11+,14?,15-,16+/m0/s1. The predicted octanol–water partition coefficient (Wildman–Crippen LogP) is 0.739. The number of aliphatic hydroxyl groups excluding tert-OH is 1. The van der Waals surface area contributed by atoms with Gasteiger partial charge in [-0.1, -0.05) is 0 Å². The van der Waals surface area contributed by atoms with Crippen molar-refractivity contribution in [3.05, 3.63) is 35.4 Å². The summed E-state index contributed by atoms with van der Waals surface area (Å²) >= 11 is 0. The van der Waals surface area contributed by atoms with E-state index >= 15 is 0 Å². The molecule has 1 aliphatic rings. The van der Waals surface area contributed by atoms with Gasteiger partial charge in [-0.25, -0.2) is 8.78 Å². The van der Waals surface area contributed by atoms with Gasteiger partial charge in [-0.05, 0) is 43.4 Å². The van der Waals surface area contributed by atoms with E-state index in [-0.39, 0.29) is 38.3 Å². The Labute approximate surface area is 155 Å². The molecule has 5 atom stereocenters. The first-order chi connectivity index (χ1) is 12.7. The highest BCUT2D eigenvalue weighted by Gasteiger charge is 2.36. The van der Waals surface area contributed by atoms with Crippen molar-refractivity contribution in [2.75, 3.05) is 6.54 Å². The van der Waals surface area contributed by atoms with Gasteiger partial charge in [-0.3, -0.25) is 9.59 Å². The van der Waals surface area contributed by atoms with Gasteiger partial charge in [0.25, 0.3) is 0 Å². The van der Waals surface area contributed by atoms with E-state index < -0.39 is 47.6 Å². The summed E-state index contributed by atoms with van der Waals surface area (Å²) in [6.45, 7) is 0.0162. The molecule has 0 aromatic heterocycles. The lowest BCUT2D eigenvalue weighted by atomic mass is 9.78. The number of aliphatic hydroxyl groups is 1. The van der Waals surface area contributed by atoms with Crippen LogP contribution in [-0.2, 0) is 16.0 Å². The summed E-state index contributed by atoms with van der Waals surface area (Å²) in [5, 5.41) is 31.5. The molecule has 0 aliphatic heterocycles. The number of hydrogen-bond acceptors (Lipinski definition) is 5. The van der Waals surface area contributed by atoms with Crippen LogP contribution in [0.3, 0.4) is 0 Å². The van der Waals surface area contributed by atoms with Crippen molar-refractivity contribution in [2.45, 2.75) is 43.9 Å². The van der Waals surface area contributed by atoms with Crippen molar-refractivity contribution < 1.29 is 33.7 Å². The third-order valence-corrected chi connectivity index (χ3v) is 4.91. The molecule has 27 heavy (non-hydrogen) atoms. The van der Waals surface area contributed by atoms with Gasteiger partial charge >= 0.3 is 11.9 Å². The number of carboxylic acid groups (broad SMARTS) is 2. The van der Waals surface area contributed by atoms with Crippen LogP contribution in [0.1, 0.15) is 24.8 Å². The van der Waals surface area contributed by atoms with Gasteiger partial charge in [0.1, 0.15) is 11.6 Å². The summed E-state index contributed by atoms with van der Waals surface area (Å²) in [5.41, 5.74) is 6.21. The topological polar surface area (TPSA) is 133 Å².